The Morgan fingerprint density at radius 1 is 1.06 bits per heavy atom. The first-order valence-corrected chi connectivity index (χ1v) is 5.37. The monoisotopic (exact) mass is 239 g/mol. The summed E-state index contributed by atoms with van der Waals surface area (Å²) in [7, 11) is 0. The maximum absolute atomic E-state index is 10.8. The molecular weight excluding hydrogens is 230 g/mol. The van der Waals surface area contributed by atoms with Crippen molar-refractivity contribution in [2.75, 3.05) is 0 Å². The summed E-state index contributed by atoms with van der Waals surface area (Å²) in [5, 5.41) is 8.86. The van der Waals surface area contributed by atoms with E-state index in [1.807, 2.05) is 16.7 Å². The summed E-state index contributed by atoms with van der Waals surface area (Å²) in [4.78, 5) is 19.0. The molecule has 18 heavy (non-hydrogen) atoms. The van der Waals surface area contributed by atoms with Crippen LogP contribution in [0.25, 0.3) is 17.0 Å². The van der Waals surface area contributed by atoms with E-state index < -0.39 is 5.97 Å². The molecule has 0 fully saturated rings. The van der Waals surface area contributed by atoms with Crippen LogP contribution in [0.4, 0.5) is 0 Å². The van der Waals surface area contributed by atoms with Crippen molar-refractivity contribution in [3.05, 3.63) is 54.5 Å². The lowest BCUT2D eigenvalue weighted by molar-refractivity contribution is 0.0697. The van der Waals surface area contributed by atoms with Crippen molar-refractivity contribution < 1.29 is 9.90 Å². The van der Waals surface area contributed by atoms with E-state index in [1.165, 1.54) is 0 Å². The van der Waals surface area contributed by atoms with Gasteiger partial charge in [0.1, 0.15) is 0 Å². The Labute approximate surface area is 102 Å². The highest BCUT2D eigenvalue weighted by atomic mass is 16.4. The molecule has 2 heterocycles. The van der Waals surface area contributed by atoms with Gasteiger partial charge in [0, 0.05) is 18.6 Å². The lowest BCUT2D eigenvalue weighted by atomic mass is 10.1. The fraction of sp³-hybridized carbons (Fsp3) is 0. The zero-order valence-electron chi connectivity index (χ0n) is 9.32. The average molecular weight is 239 g/mol. The van der Waals surface area contributed by atoms with Gasteiger partial charge in [-0.2, -0.15) is 0 Å². The summed E-state index contributed by atoms with van der Waals surface area (Å²) in [5.41, 5.74) is 2.12. The molecule has 1 aromatic carbocycles. The van der Waals surface area contributed by atoms with Gasteiger partial charge in [-0.15, -0.1) is 0 Å². The Kier molecular flexibility index (Phi) is 2.30. The second-order valence-electron chi connectivity index (χ2n) is 3.81. The van der Waals surface area contributed by atoms with Gasteiger partial charge in [0.25, 0.3) is 0 Å². The Hall–Kier alpha value is -2.69. The first kappa shape index (κ1) is 10.5. The molecule has 0 unspecified atom stereocenters. The van der Waals surface area contributed by atoms with Crippen molar-refractivity contribution in [3.63, 3.8) is 0 Å². The number of imidazole rings is 1. The molecule has 0 bridgehead atoms. The fourth-order valence-corrected chi connectivity index (χ4v) is 1.85. The van der Waals surface area contributed by atoms with Gasteiger partial charge < -0.3 is 5.11 Å². The second-order valence-corrected chi connectivity index (χ2v) is 3.81. The summed E-state index contributed by atoms with van der Waals surface area (Å²) in [6.45, 7) is 0. The fourth-order valence-electron chi connectivity index (χ4n) is 1.85. The number of carboxylic acid groups (broad SMARTS) is 1. The lowest BCUT2D eigenvalue weighted by Gasteiger charge is -2.05. The van der Waals surface area contributed by atoms with Crippen molar-refractivity contribution in [1.82, 2.24) is 14.4 Å². The minimum atomic E-state index is -0.927. The van der Waals surface area contributed by atoms with Crippen molar-refractivity contribution in [2.24, 2.45) is 0 Å². The molecule has 0 radical (unpaired) electrons. The number of carbonyl (C=O) groups is 1. The molecule has 1 N–H and O–H groups in total. The lowest BCUT2D eigenvalue weighted by Crippen LogP contribution is -1.96. The highest BCUT2D eigenvalue weighted by Gasteiger charge is 2.06. The van der Waals surface area contributed by atoms with Gasteiger partial charge in [-0.05, 0) is 23.8 Å². The molecule has 0 spiro atoms. The van der Waals surface area contributed by atoms with Gasteiger partial charge in [-0.25, -0.2) is 14.8 Å². The normalized spacial score (nSPS) is 10.7. The van der Waals surface area contributed by atoms with Gasteiger partial charge in [-0.3, -0.25) is 4.40 Å². The largest absolute Gasteiger partial charge is 0.478 e. The van der Waals surface area contributed by atoms with Crippen LogP contribution in [-0.4, -0.2) is 25.4 Å². The van der Waals surface area contributed by atoms with E-state index in [0.29, 0.717) is 5.78 Å². The average Bonchev–Trinajstić information content (AvgIpc) is 2.87. The van der Waals surface area contributed by atoms with Crippen LogP contribution in [-0.2, 0) is 0 Å². The first-order valence-electron chi connectivity index (χ1n) is 5.37. The third-order valence-corrected chi connectivity index (χ3v) is 2.73. The van der Waals surface area contributed by atoms with E-state index in [9.17, 15) is 4.79 Å². The Morgan fingerprint density at radius 2 is 1.78 bits per heavy atom. The summed E-state index contributed by atoms with van der Waals surface area (Å²) in [5.74, 6) is -0.307. The molecule has 0 aliphatic carbocycles. The number of nitrogens with zero attached hydrogens (tertiary/aromatic N) is 3. The summed E-state index contributed by atoms with van der Waals surface area (Å²) >= 11 is 0. The van der Waals surface area contributed by atoms with Gasteiger partial charge >= 0.3 is 5.97 Å². The summed E-state index contributed by atoms with van der Waals surface area (Å²) in [6.07, 6.45) is 5.18. The van der Waals surface area contributed by atoms with Crippen molar-refractivity contribution >= 4 is 11.7 Å². The van der Waals surface area contributed by atoms with Gasteiger partial charge in [0.2, 0.25) is 5.78 Å². The van der Waals surface area contributed by atoms with E-state index in [2.05, 4.69) is 9.97 Å². The Bertz CT molecular complexity index is 716. The van der Waals surface area contributed by atoms with Crippen LogP contribution in [0.5, 0.6) is 0 Å². The minimum Gasteiger partial charge on any atom is -0.478 e. The molecule has 5 nitrogen and oxygen atoms in total. The van der Waals surface area contributed by atoms with E-state index >= 15 is 0 Å². The van der Waals surface area contributed by atoms with Gasteiger partial charge in [0.15, 0.2) is 0 Å². The Morgan fingerprint density at radius 3 is 2.50 bits per heavy atom. The van der Waals surface area contributed by atoms with E-state index in [1.54, 1.807) is 36.7 Å². The van der Waals surface area contributed by atoms with Gasteiger partial charge in [0.05, 0.1) is 11.3 Å². The summed E-state index contributed by atoms with van der Waals surface area (Å²) in [6, 6.07) is 8.59. The van der Waals surface area contributed by atoms with Gasteiger partial charge in [-0.1, -0.05) is 12.1 Å². The predicted molar refractivity (Wildman–Crippen MR) is 65.4 cm³/mol. The molecule has 0 amide bonds. The van der Waals surface area contributed by atoms with Crippen molar-refractivity contribution in [1.29, 1.82) is 0 Å². The number of rotatable bonds is 2. The van der Waals surface area contributed by atoms with Crippen LogP contribution in [0.2, 0.25) is 0 Å². The molecule has 3 aromatic rings. The molecular formula is C13H9N3O2. The van der Waals surface area contributed by atoms with Crippen molar-refractivity contribution in [3.8, 4) is 11.3 Å². The molecule has 3 rings (SSSR count). The smallest absolute Gasteiger partial charge is 0.335 e. The molecule has 0 saturated carbocycles. The van der Waals surface area contributed by atoms with E-state index in [0.717, 1.165) is 11.3 Å². The topological polar surface area (TPSA) is 67.5 Å². The van der Waals surface area contributed by atoms with Crippen LogP contribution in [0.15, 0.2) is 48.9 Å². The quantitative estimate of drug-likeness (QED) is 0.743. The molecule has 0 aliphatic rings. The predicted octanol–water partition coefficient (Wildman–Crippen LogP) is 2.09. The van der Waals surface area contributed by atoms with Crippen LogP contribution in [0, 0.1) is 0 Å². The second kappa shape index (κ2) is 3.96. The number of benzene rings is 1. The number of hydrogen-bond acceptors (Lipinski definition) is 3. The first-order chi connectivity index (χ1) is 8.75. The van der Waals surface area contributed by atoms with E-state index in [-0.39, 0.29) is 5.56 Å². The molecule has 0 saturated heterocycles. The van der Waals surface area contributed by atoms with E-state index in [4.69, 9.17) is 5.11 Å². The molecule has 5 heteroatoms. The number of fused-ring (bicyclic) bond motifs is 1. The highest BCUT2D eigenvalue weighted by Crippen LogP contribution is 2.20. The molecule has 88 valence electrons. The van der Waals surface area contributed by atoms with Crippen LogP contribution in [0.1, 0.15) is 10.4 Å². The standard InChI is InChI=1S/C13H9N3O2/c17-12(18)10-3-1-9(2-4-10)11-5-6-14-13-15-7-8-16(11)13/h1-8H,(H,17,18). The molecule has 0 aliphatic heterocycles. The number of aromatic carboxylic acids is 1. The SMILES string of the molecule is O=C(O)c1ccc(-c2ccnc3nccn23)cc1. The van der Waals surface area contributed by atoms with Crippen molar-refractivity contribution in [2.45, 2.75) is 0 Å². The molecule has 2 aromatic heterocycles. The third kappa shape index (κ3) is 1.62. The van der Waals surface area contributed by atoms with Crippen LogP contribution >= 0.6 is 0 Å². The van der Waals surface area contributed by atoms with Crippen LogP contribution < -0.4 is 0 Å². The zero-order valence-corrected chi connectivity index (χ0v) is 9.32. The summed E-state index contributed by atoms with van der Waals surface area (Å²) < 4.78 is 1.86. The third-order valence-electron chi connectivity index (χ3n) is 2.73. The zero-order chi connectivity index (χ0) is 12.5. The maximum atomic E-state index is 10.8. The number of aromatic nitrogens is 3. The Balaban J connectivity index is 2.14. The number of hydrogen-bond donors (Lipinski definition) is 1. The minimum absolute atomic E-state index is 0.273. The highest BCUT2D eigenvalue weighted by molar-refractivity contribution is 5.88. The number of carboxylic acids is 1. The molecule has 0 atom stereocenters. The maximum Gasteiger partial charge on any atom is 0.335 e. The van der Waals surface area contributed by atoms with Crippen LogP contribution in [0.3, 0.4) is 0 Å².